The van der Waals surface area contributed by atoms with Gasteiger partial charge in [0.05, 0.1) is 11.7 Å². The lowest BCUT2D eigenvalue weighted by atomic mass is 9.78. The van der Waals surface area contributed by atoms with Crippen molar-refractivity contribution in [3.8, 4) is 0 Å². The van der Waals surface area contributed by atoms with Crippen molar-refractivity contribution >= 4 is 0 Å². The van der Waals surface area contributed by atoms with Gasteiger partial charge in [-0.25, -0.2) is 0 Å². The topological polar surface area (TPSA) is 55.7 Å². The monoisotopic (exact) mass is 286 g/mol. The Labute approximate surface area is 124 Å². The molecular weight excluding hydrogens is 252 g/mol. The molecule has 0 aromatic heterocycles. The van der Waals surface area contributed by atoms with Gasteiger partial charge in [-0.05, 0) is 44.7 Å². The summed E-state index contributed by atoms with van der Waals surface area (Å²) in [7, 11) is 0. The van der Waals surface area contributed by atoms with Crippen LogP contribution in [0.3, 0.4) is 0 Å². The Kier molecular flexibility index (Phi) is 8.03. The molecule has 1 rings (SSSR count). The van der Waals surface area contributed by atoms with Gasteiger partial charge >= 0.3 is 0 Å². The third-order valence-corrected chi connectivity index (χ3v) is 4.81. The molecule has 1 aliphatic carbocycles. The third kappa shape index (κ3) is 6.08. The fraction of sp³-hybridized carbons (Fsp3) is 1.00. The van der Waals surface area contributed by atoms with Gasteiger partial charge in [-0.3, -0.25) is 0 Å². The van der Waals surface area contributed by atoms with E-state index in [4.69, 9.17) is 0 Å². The van der Waals surface area contributed by atoms with Gasteiger partial charge in [0.25, 0.3) is 0 Å². The van der Waals surface area contributed by atoms with Gasteiger partial charge in [0.2, 0.25) is 0 Å². The van der Waals surface area contributed by atoms with Gasteiger partial charge in [0.15, 0.2) is 0 Å². The highest BCUT2D eigenvalue weighted by Gasteiger charge is 2.32. The van der Waals surface area contributed by atoms with Crippen molar-refractivity contribution in [1.82, 2.24) is 10.2 Å². The molecule has 0 aromatic carbocycles. The molecular formula is C16H34N2O2. The summed E-state index contributed by atoms with van der Waals surface area (Å²) in [6.07, 6.45) is 4.93. The fourth-order valence-corrected chi connectivity index (χ4v) is 3.12. The Hall–Kier alpha value is -0.160. The lowest BCUT2D eigenvalue weighted by molar-refractivity contribution is -0.0110. The summed E-state index contributed by atoms with van der Waals surface area (Å²) < 4.78 is 0. The normalized spacial score (nSPS) is 28.8. The van der Waals surface area contributed by atoms with Crippen LogP contribution in [-0.4, -0.2) is 59.5 Å². The van der Waals surface area contributed by atoms with E-state index in [1.54, 1.807) is 0 Å². The van der Waals surface area contributed by atoms with Crippen LogP contribution in [0.2, 0.25) is 0 Å². The molecule has 1 aliphatic rings. The third-order valence-electron chi connectivity index (χ3n) is 4.81. The lowest BCUT2D eigenvalue weighted by Gasteiger charge is -2.36. The minimum atomic E-state index is -0.555. The molecule has 1 atom stereocenters. The lowest BCUT2D eigenvalue weighted by Crippen LogP contribution is -2.46. The quantitative estimate of drug-likeness (QED) is 0.603. The summed E-state index contributed by atoms with van der Waals surface area (Å²) >= 11 is 0. The van der Waals surface area contributed by atoms with Crippen molar-refractivity contribution in [2.75, 3.05) is 32.7 Å². The van der Waals surface area contributed by atoms with Crippen molar-refractivity contribution in [3.63, 3.8) is 0 Å². The zero-order valence-electron chi connectivity index (χ0n) is 13.6. The summed E-state index contributed by atoms with van der Waals surface area (Å²) in [5.41, 5.74) is -0.555. The molecule has 4 nitrogen and oxygen atoms in total. The molecule has 0 heterocycles. The molecule has 0 bridgehead atoms. The molecule has 1 unspecified atom stereocenters. The second-order valence-corrected chi connectivity index (χ2v) is 6.35. The van der Waals surface area contributed by atoms with Crippen LogP contribution in [0.25, 0.3) is 0 Å². The van der Waals surface area contributed by atoms with Gasteiger partial charge < -0.3 is 20.4 Å². The molecule has 4 heteroatoms. The first-order valence-corrected chi connectivity index (χ1v) is 8.36. The average molecular weight is 286 g/mol. The zero-order valence-corrected chi connectivity index (χ0v) is 13.6. The van der Waals surface area contributed by atoms with Crippen molar-refractivity contribution < 1.29 is 10.2 Å². The molecule has 0 aliphatic heterocycles. The Morgan fingerprint density at radius 1 is 1.20 bits per heavy atom. The predicted molar refractivity (Wildman–Crippen MR) is 83.9 cm³/mol. The number of hydrogen-bond donors (Lipinski definition) is 3. The minimum Gasteiger partial charge on any atom is -0.390 e. The van der Waals surface area contributed by atoms with Gasteiger partial charge in [-0.1, -0.05) is 27.2 Å². The van der Waals surface area contributed by atoms with E-state index in [9.17, 15) is 10.2 Å². The number of likely N-dealkylation sites (N-methyl/N-ethyl adjacent to an activating group) is 1. The first-order chi connectivity index (χ1) is 9.53. The van der Waals surface area contributed by atoms with E-state index < -0.39 is 5.60 Å². The van der Waals surface area contributed by atoms with Gasteiger partial charge in [0, 0.05) is 19.6 Å². The predicted octanol–water partition coefficient (Wildman–Crippen LogP) is 1.61. The number of aliphatic hydroxyl groups excluding tert-OH is 1. The van der Waals surface area contributed by atoms with E-state index in [0.717, 1.165) is 44.7 Å². The highest BCUT2D eigenvalue weighted by Crippen LogP contribution is 2.33. The maximum absolute atomic E-state index is 10.5. The average Bonchev–Trinajstić information content (AvgIpc) is 2.45. The van der Waals surface area contributed by atoms with Crippen LogP contribution in [0.4, 0.5) is 0 Å². The number of nitrogens with one attached hydrogen (secondary N) is 1. The Bertz CT molecular complexity index is 249. The Morgan fingerprint density at radius 3 is 2.30 bits per heavy atom. The number of aliphatic hydroxyl groups is 2. The second-order valence-electron chi connectivity index (χ2n) is 6.35. The van der Waals surface area contributed by atoms with Crippen LogP contribution < -0.4 is 5.32 Å². The number of rotatable bonds is 9. The van der Waals surface area contributed by atoms with Crippen LogP contribution in [0.1, 0.15) is 52.9 Å². The molecule has 20 heavy (non-hydrogen) atoms. The first-order valence-electron chi connectivity index (χ1n) is 8.36. The first kappa shape index (κ1) is 17.9. The molecule has 1 saturated carbocycles. The highest BCUT2D eigenvalue weighted by molar-refractivity contribution is 4.87. The van der Waals surface area contributed by atoms with E-state index in [0.29, 0.717) is 19.6 Å². The smallest absolute Gasteiger partial charge is 0.0791 e. The SMILES string of the molecule is CCC1CCC(O)(CNCC(O)CN(CC)CC)CC1. The van der Waals surface area contributed by atoms with Crippen LogP contribution in [0.5, 0.6) is 0 Å². The van der Waals surface area contributed by atoms with Crippen molar-refractivity contribution in [1.29, 1.82) is 0 Å². The van der Waals surface area contributed by atoms with Gasteiger partial charge in [0.1, 0.15) is 0 Å². The number of nitrogens with zero attached hydrogens (tertiary/aromatic N) is 1. The minimum absolute atomic E-state index is 0.356. The molecule has 0 saturated heterocycles. The number of hydrogen-bond acceptors (Lipinski definition) is 4. The largest absolute Gasteiger partial charge is 0.390 e. The molecule has 0 aromatic rings. The Morgan fingerprint density at radius 2 is 1.80 bits per heavy atom. The molecule has 3 N–H and O–H groups in total. The van der Waals surface area contributed by atoms with Gasteiger partial charge in [-0.15, -0.1) is 0 Å². The summed E-state index contributed by atoms with van der Waals surface area (Å²) in [6.45, 7) is 10.3. The van der Waals surface area contributed by atoms with Crippen LogP contribution in [0, 0.1) is 5.92 Å². The molecule has 1 fully saturated rings. The molecule has 120 valence electrons. The summed E-state index contributed by atoms with van der Waals surface area (Å²) in [4.78, 5) is 2.22. The van der Waals surface area contributed by atoms with E-state index in [1.165, 1.54) is 6.42 Å². The summed E-state index contributed by atoms with van der Waals surface area (Å²) in [6, 6.07) is 0. The fourth-order valence-electron chi connectivity index (χ4n) is 3.12. The maximum Gasteiger partial charge on any atom is 0.0791 e. The van der Waals surface area contributed by atoms with Crippen LogP contribution in [0.15, 0.2) is 0 Å². The van der Waals surface area contributed by atoms with E-state index >= 15 is 0 Å². The van der Waals surface area contributed by atoms with E-state index in [1.807, 2.05) is 0 Å². The summed E-state index contributed by atoms with van der Waals surface area (Å²) in [5.74, 6) is 0.795. The zero-order chi connectivity index (χ0) is 15.0. The molecule has 0 amide bonds. The molecule has 0 radical (unpaired) electrons. The maximum atomic E-state index is 10.5. The van der Waals surface area contributed by atoms with Gasteiger partial charge in [-0.2, -0.15) is 0 Å². The van der Waals surface area contributed by atoms with E-state index in [-0.39, 0.29) is 6.10 Å². The van der Waals surface area contributed by atoms with Crippen LogP contribution in [-0.2, 0) is 0 Å². The summed E-state index contributed by atoms with van der Waals surface area (Å²) in [5, 5.41) is 23.8. The van der Waals surface area contributed by atoms with Crippen LogP contribution >= 0.6 is 0 Å². The highest BCUT2D eigenvalue weighted by atomic mass is 16.3. The van der Waals surface area contributed by atoms with Crippen molar-refractivity contribution in [2.45, 2.75) is 64.6 Å². The molecule has 0 spiro atoms. The Balaban J connectivity index is 2.20. The van der Waals surface area contributed by atoms with E-state index in [2.05, 4.69) is 31.0 Å². The van der Waals surface area contributed by atoms with Crippen molar-refractivity contribution in [3.05, 3.63) is 0 Å². The second kappa shape index (κ2) is 8.98. The van der Waals surface area contributed by atoms with Crippen molar-refractivity contribution in [2.24, 2.45) is 5.92 Å². The standard InChI is InChI=1S/C16H34N2O2/c1-4-14-7-9-16(20,10-8-14)13-17-11-15(19)12-18(5-2)6-3/h14-15,17,19-20H,4-13H2,1-3H3.